The predicted molar refractivity (Wildman–Crippen MR) is 67.2 cm³/mol. The molecule has 1 saturated carbocycles. The van der Waals surface area contributed by atoms with Crippen LogP contribution in [0.25, 0.3) is 0 Å². The van der Waals surface area contributed by atoms with Crippen molar-refractivity contribution in [3.63, 3.8) is 0 Å². The first-order chi connectivity index (χ1) is 8.40. The van der Waals surface area contributed by atoms with Gasteiger partial charge in [0.15, 0.2) is 11.6 Å². The number of aliphatic hydroxyl groups excluding tert-OH is 1. The van der Waals surface area contributed by atoms with Gasteiger partial charge in [0.1, 0.15) is 0 Å². The van der Waals surface area contributed by atoms with E-state index in [1.807, 2.05) is 0 Å². The molecule has 1 aliphatic carbocycles. The molecular formula is C15H20F2O. The van der Waals surface area contributed by atoms with Crippen molar-refractivity contribution in [2.24, 2.45) is 11.3 Å². The van der Waals surface area contributed by atoms with E-state index in [9.17, 15) is 13.9 Å². The Kier molecular flexibility index (Phi) is 3.71. The molecule has 1 fully saturated rings. The van der Waals surface area contributed by atoms with Crippen molar-refractivity contribution in [1.82, 2.24) is 0 Å². The van der Waals surface area contributed by atoms with Gasteiger partial charge in [-0.2, -0.15) is 0 Å². The summed E-state index contributed by atoms with van der Waals surface area (Å²) in [6.07, 6.45) is 3.18. The van der Waals surface area contributed by atoms with E-state index in [1.54, 1.807) is 6.07 Å². The van der Waals surface area contributed by atoms with Crippen LogP contribution < -0.4 is 0 Å². The number of hydrogen-bond donors (Lipinski definition) is 1. The monoisotopic (exact) mass is 254 g/mol. The molecule has 2 atom stereocenters. The first kappa shape index (κ1) is 13.5. The minimum Gasteiger partial charge on any atom is -0.392 e. The molecule has 1 aliphatic rings. The summed E-state index contributed by atoms with van der Waals surface area (Å²) in [6, 6.07) is 3.85. The summed E-state index contributed by atoms with van der Waals surface area (Å²) in [5, 5.41) is 10.3. The molecule has 0 amide bonds. The van der Waals surface area contributed by atoms with Crippen LogP contribution in [0, 0.1) is 23.0 Å². The van der Waals surface area contributed by atoms with Crippen molar-refractivity contribution >= 4 is 0 Å². The highest BCUT2D eigenvalue weighted by molar-refractivity contribution is 5.19. The predicted octanol–water partition coefficient (Wildman–Crippen LogP) is 3.69. The third-order valence-corrected chi connectivity index (χ3v) is 4.23. The van der Waals surface area contributed by atoms with Gasteiger partial charge in [-0.25, -0.2) is 8.78 Å². The van der Waals surface area contributed by atoms with E-state index in [0.717, 1.165) is 25.3 Å². The number of benzene rings is 1. The summed E-state index contributed by atoms with van der Waals surface area (Å²) in [5.74, 6) is -1.44. The molecule has 0 spiro atoms. The number of aliphatic hydroxyl groups is 1. The van der Waals surface area contributed by atoms with E-state index in [1.165, 1.54) is 6.07 Å². The molecule has 0 radical (unpaired) electrons. The van der Waals surface area contributed by atoms with Gasteiger partial charge < -0.3 is 5.11 Å². The molecule has 0 aliphatic heterocycles. The van der Waals surface area contributed by atoms with Gasteiger partial charge in [-0.1, -0.05) is 26.3 Å². The van der Waals surface area contributed by atoms with Crippen LogP contribution in [0.2, 0.25) is 0 Å². The SMILES string of the molecule is CC1(C)CCCC1C(O)Cc1ccc(F)c(F)c1. The molecule has 2 unspecified atom stereocenters. The molecule has 1 nitrogen and oxygen atoms in total. The topological polar surface area (TPSA) is 20.2 Å². The quantitative estimate of drug-likeness (QED) is 0.872. The third kappa shape index (κ3) is 2.72. The molecule has 0 heterocycles. The maximum atomic E-state index is 13.1. The lowest BCUT2D eigenvalue weighted by Gasteiger charge is -2.31. The number of hydrogen-bond acceptors (Lipinski definition) is 1. The summed E-state index contributed by atoms with van der Waals surface area (Å²) < 4.78 is 25.9. The lowest BCUT2D eigenvalue weighted by atomic mass is 9.77. The molecule has 3 heteroatoms. The number of halogens is 2. The summed E-state index contributed by atoms with van der Waals surface area (Å²) >= 11 is 0. The molecule has 1 aromatic rings. The van der Waals surface area contributed by atoms with E-state index in [2.05, 4.69) is 13.8 Å². The van der Waals surface area contributed by atoms with Crippen LogP contribution in [0.1, 0.15) is 38.7 Å². The fourth-order valence-electron chi connectivity index (χ4n) is 3.12. The minimum atomic E-state index is -0.842. The van der Waals surface area contributed by atoms with E-state index in [-0.39, 0.29) is 11.3 Å². The van der Waals surface area contributed by atoms with Crippen LogP contribution >= 0.6 is 0 Å². The first-order valence-corrected chi connectivity index (χ1v) is 6.52. The highest BCUT2D eigenvalue weighted by Crippen LogP contribution is 2.44. The zero-order valence-corrected chi connectivity index (χ0v) is 10.9. The van der Waals surface area contributed by atoms with Crippen molar-refractivity contribution in [1.29, 1.82) is 0 Å². The van der Waals surface area contributed by atoms with Gasteiger partial charge in [0.25, 0.3) is 0 Å². The summed E-state index contributed by atoms with van der Waals surface area (Å²) in [6.45, 7) is 4.33. The Morgan fingerprint density at radius 1 is 1.33 bits per heavy atom. The highest BCUT2D eigenvalue weighted by atomic mass is 19.2. The Balaban J connectivity index is 2.07. The first-order valence-electron chi connectivity index (χ1n) is 6.52. The Hall–Kier alpha value is -0.960. The van der Waals surface area contributed by atoms with Crippen LogP contribution in [-0.2, 0) is 6.42 Å². The molecule has 100 valence electrons. The van der Waals surface area contributed by atoms with E-state index in [0.29, 0.717) is 12.0 Å². The van der Waals surface area contributed by atoms with Gasteiger partial charge in [-0.05, 0) is 48.3 Å². The standard InChI is InChI=1S/C15H20F2O/c1-15(2)7-3-4-11(15)14(18)9-10-5-6-12(16)13(17)8-10/h5-6,8,11,14,18H,3-4,7,9H2,1-2H3. The maximum absolute atomic E-state index is 13.1. The van der Waals surface area contributed by atoms with Crippen molar-refractivity contribution in [3.8, 4) is 0 Å². The van der Waals surface area contributed by atoms with Crippen molar-refractivity contribution in [2.75, 3.05) is 0 Å². The van der Waals surface area contributed by atoms with Gasteiger partial charge in [-0.15, -0.1) is 0 Å². The summed E-state index contributed by atoms with van der Waals surface area (Å²) in [4.78, 5) is 0. The van der Waals surface area contributed by atoms with E-state index < -0.39 is 17.7 Å². The van der Waals surface area contributed by atoms with Gasteiger partial charge in [0.2, 0.25) is 0 Å². The Labute approximate surface area is 107 Å². The van der Waals surface area contributed by atoms with Crippen LogP contribution in [0.15, 0.2) is 18.2 Å². The van der Waals surface area contributed by atoms with E-state index in [4.69, 9.17) is 0 Å². The maximum Gasteiger partial charge on any atom is 0.159 e. The molecule has 18 heavy (non-hydrogen) atoms. The molecule has 0 aromatic heterocycles. The van der Waals surface area contributed by atoms with Gasteiger partial charge in [0, 0.05) is 0 Å². The Bertz CT molecular complexity index is 429. The van der Waals surface area contributed by atoms with Crippen LogP contribution in [-0.4, -0.2) is 11.2 Å². The van der Waals surface area contributed by atoms with Gasteiger partial charge in [-0.3, -0.25) is 0 Å². The highest BCUT2D eigenvalue weighted by Gasteiger charge is 2.38. The molecular weight excluding hydrogens is 234 g/mol. The van der Waals surface area contributed by atoms with Crippen LogP contribution in [0.3, 0.4) is 0 Å². The zero-order valence-electron chi connectivity index (χ0n) is 10.9. The normalized spacial score (nSPS) is 24.2. The smallest absolute Gasteiger partial charge is 0.159 e. The molecule has 0 saturated heterocycles. The van der Waals surface area contributed by atoms with Crippen molar-refractivity contribution in [3.05, 3.63) is 35.4 Å². The lowest BCUT2D eigenvalue weighted by molar-refractivity contribution is 0.0542. The second-order valence-corrected chi connectivity index (χ2v) is 6.01. The largest absolute Gasteiger partial charge is 0.392 e. The van der Waals surface area contributed by atoms with Crippen molar-refractivity contribution in [2.45, 2.75) is 45.6 Å². The molecule has 0 bridgehead atoms. The fraction of sp³-hybridized carbons (Fsp3) is 0.600. The second kappa shape index (κ2) is 4.96. The Morgan fingerprint density at radius 3 is 2.61 bits per heavy atom. The zero-order chi connectivity index (χ0) is 13.3. The summed E-state index contributed by atoms with van der Waals surface area (Å²) in [7, 11) is 0. The van der Waals surface area contributed by atoms with Crippen LogP contribution in [0.5, 0.6) is 0 Å². The molecule has 1 N–H and O–H groups in total. The molecule has 1 aromatic carbocycles. The molecule has 2 rings (SSSR count). The fourth-order valence-corrected chi connectivity index (χ4v) is 3.12. The summed E-state index contributed by atoms with van der Waals surface area (Å²) in [5.41, 5.74) is 0.793. The van der Waals surface area contributed by atoms with Gasteiger partial charge >= 0.3 is 0 Å². The average molecular weight is 254 g/mol. The lowest BCUT2D eigenvalue weighted by Crippen LogP contribution is -2.31. The Morgan fingerprint density at radius 2 is 2.06 bits per heavy atom. The van der Waals surface area contributed by atoms with Gasteiger partial charge in [0.05, 0.1) is 6.10 Å². The minimum absolute atomic E-state index is 0.137. The number of rotatable bonds is 3. The van der Waals surface area contributed by atoms with Crippen molar-refractivity contribution < 1.29 is 13.9 Å². The second-order valence-electron chi connectivity index (χ2n) is 6.01. The third-order valence-electron chi connectivity index (χ3n) is 4.23. The average Bonchev–Trinajstić information content (AvgIpc) is 2.63. The van der Waals surface area contributed by atoms with Crippen LogP contribution in [0.4, 0.5) is 8.78 Å². The van der Waals surface area contributed by atoms with E-state index >= 15 is 0 Å².